The van der Waals surface area contributed by atoms with Crippen molar-refractivity contribution in [3.05, 3.63) is 35.5 Å². The van der Waals surface area contributed by atoms with Crippen LogP contribution in [0, 0.1) is 0 Å². The summed E-state index contributed by atoms with van der Waals surface area (Å²) in [6.07, 6.45) is 2.28. The van der Waals surface area contributed by atoms with Gasteiger partial charge in [0.2, 0.25) is 5.95 Å². The van der Waals surface area contributed by atoms with Crippen molar-refractivity contribution in [1.82, 2.24) is 9.97 Å². The van der Waals surface area contributed by atoms with Crippen LogP contribution < -0.4 is 10.0 Å². The van der Waals surface area contributed by atoms with Crippen LogP contribution in [0.15, 0.2) is 28.6 Å². The summed E-state index contributed by atoms with van der Waals surface area (Å²) in [5.74, 6) is -2.61. The summed E-state index contributed by atoms with van der Waals surface area (Å²) in [5, 5.41) is 5.52. The Hall–Kier alpha value is -2.13. The minimum Gasteiger partial charge on any atom is -0.338 e. The van der Waals surface area contributed by atoms with Gasteiger partial charge in [-0.3, -0.25) is 0 Å². The standard InChI is InChI=1S/C18H21F2N5OS/c1-11-7-9-25(11)17-22-15(14-6-8-18(19,20)16(14)23-17)12-4-3-5-13(10-12)24-27(2,21)26/h3-5,10-11H,6-9H2,1-2H3,(H2,21,24,26)/t11-,27?/m0/s1. The van der Waals surface area contributed by atoms with Gasteiger partial charge in [0, 0.05) is 36.4 Å². The van der Waals surface area contributed by atoms with Gasteiger partial charge < -0.3 is 4.90 Å². The van der Waals surface area contributed by atoms with Crippen molar-refractivity contribution in [2.75, 3.05) is 17.7 Å². The Morgan fingerprint density at radius 1 is 1.37 bits per heavy atom. The van der Waals surface area contributed by atoms with Gasteiger partial charge in [-0.05, 0) is 31.9 Å². The molecule has 4 rings (SSSR count). The van der Waals surface area contributed by atoms with Gasteiger partial charge in [-0.1, -0.05) is 12.1 Å². The van der Waals surface area contributed by atoms with Crippen LogP contribution >= 0.6 is 0 Å². The molecule has 1 aromatic heterocycles. The van der Waals surface area contributed by atoms with Crippen LogP contribution in [0.3, 0.4) is 0 Å². The molecule has 2 atom stereocenters. The molecule has 2 N–H and O–H groups in total. The maximum absolute atomic E-state index is 14.4. The molecule has 2 aromatic rings. The van der Waals surface area contributed by atoms with E-state index in [1.165, 1.54) is 6.26 Å². The predicted molar refractivity (Wildman–Crippen MR) is 101 cm³/mol. The van der Waals surface area contributed by atoms with Gasteiger partial charge in [-0.2, -0.15) is 13.1 Å². The molecule has 0 radical (unpaired) electrons. The Labute approximate surface area is 157 Å². The lowest BCUT2D eigenvalue weighted by Gasteiger charge is -2.39. The first kappa shape index (κ1) is 18.2. The number of hydrogen-bond acceptors (Lipinski definition) is 5. The number of halogens is 2. The predicted octanol–water partition coefficient (Wildman–Crippen LogP) is 3.38. The molecule has 2 aliphatic rings. The number of aromatic nitrogens is 2. The van der Waals surface area contributed by atoms with E-state index in [9.17, 15) is 13.0 Å². The molecule has 6 nitrogen and oxygen atoms in total. The van der Waals surface area contributed by atoms with E-state index in [4.69, 9.17) is 5.14 Å². The Bertz CT molecular complexity index is 1020. The lowest BCUT2D eigenvalue weighted by atomic mass is 10.0. The Kier molecular flexibility index (Phi) is 4.19. The van der Waals surface area contributed by atoms with Crippen LogP contribution in [0.1, 0.15) is 31.0 Å². The van der Waals surface area contributed by atoms with Crippen LogP contribution in [-0.4, -0.2) is 33.0 Å². The summed E-state index contributed by atoms with van der Waals surface area (Å²) in [5.41, 5.74) is 1.85. The molecule has 9 heteroatoms. The average molecular weight is 393 g/mol. The molecule has 0 saturated carbocycles. The summed E-state index contributed by atoms with van der Waals surface area (Å²) in [4.78, 5) is 10.8. The second-order valence-corrected chi connectivity index (χ2v) is 9.14. The van der Waals surface area contributed by atoms with Crippen molar-refractivity contribution in [3.8, 4) is 11.3 Å². The minimum atomic E-state index is -2.95. The zero-order chi connectivity index (χ0) is 19.4. The van der Waals surface area contributed by atoms with E-state index in [1.54, 1.807) is 24.3 Å². The quantitative estimate of drug-likeness (QED) is 0.866. The van der Waals surface area contributed by atoms with Crippen molar-refractivity contribution < 1.29 is 13.0 Å². The molecular weight excluding hydrogens is 372 g/mol. The first-order valence-corrected chi connectivity index (χ1v) is 10.8. The van der Waals surface area contributed by atoms with Crippen molar-refractivity contribution in [2.45, 2.75) is 38.2 Å². The lowest BCUT2D eigenvalue weighted by Crippen LogP contribution is -2.47. The summed E-state index contributed by atoms with van der Waals surface area (Å²) in [6, 6.07) is 7.10. The highest BCUT2D eigenvalue weighted by atomic mass is 32.2. The maximum atomic E-state index is 14.4. The van der Waals surface area contributed by atoms with E-state index in [0.717, 1.165) is 13.0 Å². The molecule has 2 heterocycles. The first-order valence-electron chi connectivity index (χ1n) is 8.80. The van der Waals surface area contributed by atoms with E-state index in [2.05, 4.69) is 14.3 Å². The smallest absolute Gasteiger partial charge is 0.290 e. The number of fused-ring (bicyclic) bond motifs is 1. The van der Waals surface area contributed by atoms with Gasteiger partial charge in [0.05, 0.1) is 11.4 Å². The Balaban J connectivity index is 1.88. The summed E-state index contributed by atoms with van der Waals surface area (Å²) < 4.78 is 44.6. The number of nitrogens with zero attached hydrogens (tertiary/aromatic N) is 4. The second kappa shape index (κ2) is 6.20. The van der Waals surface area contributed by atoms with Crippen LogP contribution in [0.4, 0.5) is 20.4 Å². The lowest BCUT2D eigenvalue weighted by molar-refractivity contribution is -0.00595. The highest BCUT2D eigenvalue weighted by Gasteiger charge is 2.44. The van der Waals surface area contributed by atoms with Crippen LogP contribution in [0.5, 0.6) is 0 Å². The minimum absolute atomic E-state index is 0.179. The summed E-state index contributed by atoms with van der Waals surface area (Å²) in [6.45, 7) is 2.78. The van der Waals surface area contributed by atoms with Crippen molar-refractivity contribution in [3.63, 3.8) is 0 Å². The molecule has 0 bridgehead atoms. The molecular formula is C18H21F2N5OS. The number of hydrogen-bond donors (Lipinski definition) is 1. The van der Waals surface area contributed by atoms with Crippen LogP contribution in [0.25, 0.3) is 11.3 Å². The van der Waals surface area contributed by atoms with E-state index in [1.807, 2.05) is 11.8 Å². The molecule has 1 aromatic carbocycles. The highest BCUT2D eigenvalue weighted by molar-refractivity contribution is 7.90. The molecule has 1 unspecified atom stereocenters. The number of rotatable bonds is 3. The summed E-state index contributed by atoms with van der Waals surface area (Å²) in [7, 11) is -2.82. The van der Waals surface area contributed by atoms with Crippen molar-refractivity contribution in [2.24, 2.45) is 9.50 Å². The molecule has 0 amide bonds. The molecule has 1 aliphatic heterocycles. The maximum Gasteiger partial charge on any atom is 0.290 e. The number of nitrogens with two attached hydrogens (primary N) is 1. The SMILES string of the molecule is C[C@H]1CCN1c1nc(-c2cccc(N=S(C)(N)=O)c2)c2c(n1)C(F)(F)CC2. The fraction of sp³-hybridized carbons (Fsp3) is 0.444. The fourth-order valence-electron chi connectivity index (χ4n) is 3.51. The van der Waals surface area contributed by atoms with Crippen LogP contribution in [0.2, 0.25) is 0 Å². The van der Waals surface area contributed by atoms with E-state index < -0.39 is 15.8 Å². The van der Waals surface area contributed by atoms with Crippen molar-refractivity contribution >= 4 is 21.6 Å². The first-order chi connectivity index (χ1) is 12.6. The van der Waals surface area contributed by atoms with E-state index >= 15 is 0 Å². The largest absolute Gasteiger partial charge is 0.338 e. The molecule has 1 aliphatic carbocycles. The molecule has 27 heavy (non-hydrogen) atoms. The highest BCUT2D eigenvalue weighted by Crippen LogP contribution is 2.45. The Morgan fingerprint density at radius 2 is 2.15 bits per heavy atom. The zero-order valence-corrected chi connectivity index (χ0v) is 16.0. The number of alkyl halides is 2. The average Bonchev–Trinajstić information content (AvgIpc) is 2.87. The van der Waals surface area contributed by atoms with Gasteiger partial charge in [-0.25, -0.2) is 19.3 Å². The third-order valence-electron chi connectivity index (χ3n) is 5.01. The van der Waals surface area contributed by atoms with Crippen molar-refractivity contribution in [1.29, 1.82) is 0 Å². The molecule has 0 spiro atoms. The Morgan fingerprint density at radius 3 is 2.78 bits per heavy atom. The molecule has 144 valence electrons. The van der Waals surface area contributed by atoms with Crippen LogP contribution in [-0.2, 0) is 22.3 Å². The third-order valence-corrected chi connectivity index (χ3v) is 5.59. The van der Waals surface area contributed by atoms with Gasteiger partial charge in [0.15, 0.2) is 0 Å². The summed E-state index contributed by atoms with van der Waals surface area (Å²) >= 11 is 0. The zero-order valence-electron chi connectivity index (χ0n) is 15.2. The molecule has 1 fully saturated rings. The van der Waals surface area contributed by atoms with Gasteiger partial charge in [0.1, 0.15) is 15.6 Å². The van der Waals surface area contributed by atoms with E-state index in [0.29, 0.717) is 28.5 Å². The van der Waals surface area contributed by atoms with Gasteiger partial charge in [0.25, 0.3) is 5.92 Å². The fourth-order valence-corrected chi connectivity index (χ4v) is 4.04. The van der Waals surface area contributed by atoms with Gasteiger partial charge in [-0.15, -0.1) is 0 Å². The third kappa shape index (κ3) is 3.41. The van der Waals surface area contributed by atoms with Gasteiger partial charge >= 0.3 is 0 Å². The second-order valence-electron chi connectivity index (χ2n) is 7.24. The number of benzene rings is 1. The molecule has 1 saturated heterocycles. The topological polar surface area (TPSA) is 84.5 Å². The normalized spacial score (nSPS) is 22.7. The number of anilines is 1. The van der Waals surface area contributed by atoms with E-state index in [-0.39, 0.29) is 24.6 Å². The monoisotopic (exact) mass is 393 g/mol.